The van der Waals surface area contributed by atoms with E-state index in [1.165, 1.54) is 0 Å². The topological polar surface area (TPSA) is 78.7 Å². The molecule has 0 saturated heterocycles. The first kappa shape index (κ1) is 10.7. The number of rotatable bonds is 6. The Morgan fingerprint density at radius 2 is 2.17 bits per heavy atom. The molecule has 6 nitrogen and oxygen atoms in total. The molecular weight excluding hydrogens is 166 g/mol. The number of hydrogen-bond acceptors (Lipinski definition) is 5. The molecule has 6 heteroatoms. The van der Waals surface area contributed by atoms with Crippen molar-refractivity contribution < 1.29 is 19.8 Å². The molecule has 0 rings (SSSR count). The monoisotopic (exact) mass is 177 g/mol. The number of hydrogen-bond donors (Lipinski definition) is 0. The van der Waals surface area contributed by atoms with Gasteiger partial charge in [-0.1, -0.05) is 24.8 Å². The lowest BCUT2D eigenvalue weighted by molar-refractivity contribution is -0.839. The van der Waals surface area contributed by atoms with Crippen LogP contribution in [0.4, 0.5) is 0 Å². The van der Waals surface area contributed by atoms with Gasteiger partial charge in [0.05, 0.1) is 0 Å². The van der Waals surface area contributed by atoms with Crippen LogP contribution in [-0.2, 0) is 14.7 Å². The van der Waals surface area contributed by atoms with Crippen LogP contribution in [0.5, 0.6) is 0 Å². The van der Waals surface area contributed by atoms with Crippen LogP contribution in [0.1, 0.15) is 32.6 Å². The lowest BCUT2D eigenvalue weighted by Gasteiger charge is -1.97. The summed E-state index contributed by atoms with van der Waals surface area (Å²) in [5.74, 6) is -0.708. The zero-order chi connectivity index (χ0) is 9.40. The normalized spacial score (nSPS) is 9.08. The third-order valence-electron chi connectivity index (χ3n) is 1.18. The van der Waals surface area contributed by atoms with Gasteiger partial charge in [-0.25, -0.2) is 4.79 Å². The second kappa shape index (κ2) is 6.38. The Labute approximate surface area is 69.5 Å². The summed E-state index contributed by atoms with van der Waals surface area (Å²) in [6, 6.07) is 0. The van der Waals surface area contributed by atoms with Crippen molar-refractivity contribution in [2.24, 2.45) is 0 Å². The second-order valence-electron chi connectivity index (χ2n) is 2.21. The fourth-order valence-corrected chi connectivity index (χ4v) is 0.633. The van der Waals surface area contributed by atoms with E-state index in [4.69, 9.17) is 0 Å². The van der Waals surface area contributed by atoms with Crippen molar-refractivity contribution in [3.05, 3.63) is 10.1 Å². The van der Waals surface area contributed by atoms with Crippen molar-refractivity contribution in [3.63, 3.8) is 0 Å². The highest BCUT2D eigenvalue weighted by atomic mass is 17.3. The van der Waals surface area contributed by atoms with Crippen LogP contribution < -0.4 is 0 Å². The molecule has 0 aromatic heterocycles. The molecule has 0 fully saturated rings. The van der Waals surface area contributed by atoms with Gasteiger partial charge in [0.15, 0.2) is 0 Å². The van der Waals surface area contributed by atoms with Crippen LogP contribution in [0.3, 0.4) is 0 Å². The van der Waals surface area contributed by atoms with Crippen LogP contribution >= 0.6 is 0 Å². The summed E-state index contributed by atoms with van der Waals surface area (Å²) in [7, 11) is 0. The molecule has 0 amide bonds. The molecule has 0 aliphatic rings. The largest absolute Gasteiger partial charge is 0.343 e. The van der Waals surface area contributed by atoms with Crippen molar-refractivity contribution in [1.29, 1.82) is 0 Å². The van der Waals surface area contributed by atoms with Gasteiger partial charge in [0, 0.05) is 6.42 Å². The average Bonchev–Trinajstić information content (AvgIpc) is 2.01. The number of carbonyl (C=O) groups is 1. The van der Waals surface area contributed by atoms with Crippen molar-refractivity contribution >= 4 is 5.97 Å². The van der Waals surface area contributed by atoms with Gasteiger partial charge < -0.3 is 0 Å². The Morgan fingerprint density at radius 3 is 2.67 bits per heavy atom. The van der Waals surface area contributed by atoms with E-state index in [0.717, 1.165) is 12.8 Å². The van der Waals surface area contributed by atoms with E-state index in [-0.39, 0.29) is 6.42 Å². The molecule has 12 heavy (non-hydrogen) atoms. The molecule has 0 radical (unpaired) electrons. The Morgan fingerprint density at radius 1 is 1.50 bits per heavy atom. The number of unbranched alkanes of at least 4 members (excludes halogenated alkanes) is 2. The lowest BCUT2D eigenvalue weighted by Crippen LogP contribution is -2.09. The first-order valence-electron chi connectivity index (χ1n) is 3.68. The van der Waals surface area contributed by atoms with Gasteiger partial charge in [-0.15, -0.1) is 10.1 Å². The lowest BCUT2D eigenvalue weighted by atomic mass is 10.2. The quantitative estimate of drug-likeness (QED) is 0.264. The smallest absolute Gasteiger partial charge is 0.261 e. The van der Waals surface area contributed by atoms with E-state index < -0.39 is 11.1 Å². The molecule has 0 saturated carbocycles. The van der Waals surface area contributed by atoms with E-state index in [0.29, 0.717) is 6.42 Å². The summed E-state index contributed by atoms with van der Waals surface area (Å²) in [5, 5.41) is 8.37. The fourth-order valence-electron chi connectivity index (χ4n) is 0.633. The van der Waals surface area contributed by atoms with Crippen LogP contribution in [0.2, 0.25) is 0 Å². The van der Waals surface area contributed by atoms with Gasteiger partial charge in [0.25, 0.3) is 0 Å². The Balaban J connectivity index is 3.28. The van der Waals surface area contributed by atoms with Crippen LogP contribution in [0.25, 0.3) is 0 Å². The van der Waals surface area contributed by atoms with Crippen molar-refractivity contribution in [2.75, 3.05) is 0 Å². The van der Waals surface area contributed by atoms with E-state index in [9.17, 15) is 14.9 Å². The summed E-state index contributed by atoms with van der Waals surface area (Å²) in [6.07, 6.45) is 2.69. The van der Waals surface area contributed by atoms with Gasteiger partial charge >= 0.3 is 11.1 Å². The molecule has 0 aliphatic carbocycles. The van der Waals surface area contributed by atoms with Crippen molar-refractivity contribution in [1.82, 2.24) is 0 Å². The molecule has 0 bridgehead atoms. The Hall–Kier alpha value is -1.33. The zero-order valence-electron chi connectivity index (χ0n) is 6.82. The summed E-state index contributed by atoms with van der Waals surface area (Å²) in [6.45, 7) is 1.98. The third-order valence-corrected chi connectivity index (χ3v) is 1.18. The predicted molar refractivity (Wildman–Crippen MR) is 38.3 cm³/mol. The van der Waals surface area contributed by atoms with Gasteiger partial charge in [-0.3, -0.25) is 4.89 Å². The van der Waals surface area contributed by atoms with Gasteiger partial charge in [-0.05, 0) is 6.42 Å². The van der Waals surface area contributed by atoms with E-state index in [1.54, 1.807) is 0 Å². The van der Waals surface area contributed by atoms with Gasteiger partial charge in [0.2, 0.25) is 0 Å². The standard InChI is InChI=1S/C6H11NO5/c1-2-3-4-5-6(8)11-12-7(9)10/h2-5H2,1H3. The van der Waals surface area contributed by atoms with Crippen molar-refractivity contribution in [3.8, 4) is 0 Å². The third kappa shape index (κ3) is 6.79. The summed E-state index contributed by atoms with van der Waals surface area (Å²) in [4.78, 5) is 27.3. The molecule has 0 aromatic rings. The minimum absolute atomic E-state index is 0.154. The van der Waals surface area contributed by atoms with Crippen LogP contribution in [-0.4, -0.2) is 11.1 Å². The Kier molecular flexibility index (Phi) is 5.68. The maximum Gasteiger partial charge on any atom is 0.343 e. The van der Waals surface area contributed by atoms with Crippen LogP contribution in [0, 0.1) is 10.1 Å². The first-order chi connectivity index (χ1) is 5.66. The molecule has 70 valence electrons. The molecule has 0 heterocycles. The van der Waals surface area contributed by atoms with Crippen LogP contribution in [0.15, 0.2) is 0 Å². The molecule has 0 unspecified atom stereocenters. The van der Waals surface area contributed by atoms with E-state index >= 15 is 0 Å². The first-order valence-corrected chi connectivity index (χ1v) is 3.68. The van der Waals surface area contributed by atoms with Gasteiger partial charge in [-0.2, -0.15) is 0 Å². The predicted octanol–water partition coefficient (Wildman–Crippen LogP) is 1.23. The molecule has 0 aliphatic heterocycles. The highest BCUT2D eigenvalue weighted by Crippen LogP contribution is 2.00. The molecule has 0 aromatic carbocycles. The SMILES string of the molecule is CCCCCC(=O)OO[N+](=O)[O-]. The van der Waals surface area contributed by atoms with Gasteiger partial charge in [0.1, 0.15) is 0 Å². The van der Waals surface area contributed by atoms with E-state index in [1.807, 2.05) is 6.92 Å². The maximum absolute atomic E-state index is 10.6. The average molecular weight is 177 g/mol. The maximum atomic E-state index is 10.6. The highest BCUT2D eigenvalue weighted by molar-refractivity contribution is 5.68. The summed E-state index contributed by atoms with van der Waals surface area (Å²) >= 11 is 0. The molecule has 0 N–H and O–H groups in total. The molecule has 0 spiro atoms. The summed E-state index contributed by atoms with van der Waals surface area (Å²) < 4.78 is 0. The number of nitrogens with zero attached hydrogens (tertiary/aromatic N) is 1. The molecular formula is C6H11NO5. The summed E-state index contributed by atoms with van der Waals surface area (Å²) in [5.41, 5.74) is 0. The minimum atomic E-state index is -1.17. The fraction of sp³-hybridized carbons (Fsp3) is 0.833. The zero-order valence-corrected chi connectivity index (χ0v) is 6.82. The number of carbonyl (C=O) groups excluding carboxylic acids is 1. The van der Waals surface area contributed by atoms with E-state index in [2.05, 4.69) is 9.88 Å². The van der Waals surface area contributed by atoms with Crippen molar-refractivity contribution in [2.45, 2.75) is 32.6 Å². The Bertz CT molecular complexity index is 158. The minimum Gasteiger partial charge on any atom is -0.261 e. The second-order valence-corrected chi connectivity index (χ2v) is 2.21. The molecule has 0 atom stereocenters. The highest BCUT2D eigenvalue weighted by Gasteiger charge is 2.05.